The van der Waals surface area contributed by atoms with Crippen LogP contribution in [0.1, 0.15) is 29.8 Å². The Bertz CT molecular complexity index is 315. The summed E-state index contributed by atoms with van der Waals surface area (Å²) in [5.41, 5.74) is 1.36. The maximum absolute atomic E-state index is 10.5. The summed E-state index contributed by atoms with van der Waals surface area (Å²) >= 11 is 0. The average Bonchev–Trinajstić information content (AvgIpc) is 2.26. The molecule has 0 bridgehead atoms. The number of carbonyl (C=O) groups is 1. The summed E-state index contributed by atoms with van der Waals surface area (Å²) in [4.78, 5) is 12.8. The molecule has 0 saturated carbocycles. The molecule has 0 heterocycles. The van der Waals surface area contributed by atoms with Gasteiger partial charge in [0.15, 0.2) is 0 Å². The predicted octanol–water partition coefficient (Wildman–Crippen LogP) is 0.892. The number of benzene rings is 1. The highest BCUT2D eigenvalue weighted by molar-refractivity contribution is 5.85. The molecule has 0 spiro atoms. The quantitative estimate of drug-likeness (QED) is 0.718. The van der Waals surface area contributed by atoms with E-state index in [1.807, 2.05) is 12.1 Å². The molecule has 3 heteroatoms. The standard InChI is InChI=1S/C12H17NO2/c1-3-13(4-2)9-10-5-7-11(8-6-10)12(14)15/h5-8H,3-4,9H2,1-2H3,(H,14,15)/p-1. The molecular weight excluding hydrogens is 190 g/mol. The maximum Gasteiger partial charge on any atom is 0.0715 e. The minimum atomic E-state index is -1.12. The van der Waals surface area contributed by atoms with Gasteiger partial charge in [-0.3, -0.25) is 4.90 Å². The van der Waals surface area contributed by atoms with E-state index in [2.05, 4.69) is 18.7 Å². The summed E-state index contributed by atoms with van der Waals surface area (Å²) in [5, 5.41) is 10.5. The van der Waals surface area contributed by atoms with Gasteiger partial charge in [-0.2, -0.15) is 0 Å². The highest BCUT2D eigenvalue weighted by atomic mass is 16.4. The first-order valence-electron chi connectivity index (χ1n) is 5.20. The van der Waals surface area contributed by atoms with Crippen molar-refractivity contribution in [1.29, 1.82) is 0 Å². The summed E-state index contributed by atoms with van der Waals surface area (Å²) in [5.74, 6) is -1.12. The summed E-state index contributed by atoms with van der Waals surface area (Å²) in [7, 11) is 0. The fourth-order valence-electron chi connectivity index (χ4n) is 1.45. The van der Waals surface area contributed by atoms with Gasteiger partial charge in [-0.15, -0.1) is 0 Å². The Hall–Kier alpha value is -1.35. The van der Waals surface area contributed by atoms with E-state index in [0.717, 1.165) is 25.2 Å². The molecule has 0 radical (unpaired) electrons. The molecule has 0 N–H and O–H groups in total. The molecule has 1 rings (SSSR count). The van der Waals surface area contributed by atoms with E-state index in [4.69, 9.17) is 0 Å². The molecule has 1 aromatic rings. The minimum Gasteiger partial charge on any atom is -0.545 e. The van der Waals surface area contributed by atoms with Crippen molar-refractivity contribution in [3.8, 4) is 0 Å². The number of carbonyl (C=O) groups excluding carboxylic acids is 1. The second-order valence-electron chi connectivity index (χ2n) is 3.45. The van der Waals surface area contributed by atoms with Crippen molar-refractivity contribution in [3.05, 3.63) is 35.4 Å². The number of hydrogen-bond donors (Lipinski definition) is 0. The van der Waals surface area contributed by atoms with Crippen LogP contribution >= 0.6 is 0 Å². The fourth-order valence-corrected chi connectivity index (χ4v) is 1.45. The zero-order chi connectivity index (χ0) is 11.3. The van der Waals surface area contributed by atoms with Gasteiger partial charge in [0.25, 0.3) is 0 Å². The van der Waals surface area contributed by atoms with Crippen LogP contribution in [-0.2, 0) is 6.54 Å². The van der Waals surface area contributed by atoms with E-state index >= 15 is 0 Å². The van der Waals surface area contributed by atoms with Crippen molar-refractivity contribution >= 4 is 5.97 Å². The second kappa shape index (κ2) is 5.51. The van der Waals surface area contributed by atoms with Crippen LogP contribution < -0.4 is 5.11 Å². The van der Waals surface area contributed by atoms with Gasteiger partial charge >= 0.3 is 0 Å². The Morgan fingerprint density at radius 3 is 2.13 bits per heavy atom. The minimum absolute atomic E-state index is 0.235. The van der Waals surface area contributed by atoms with Crippen LogP contribution in [0.3, 0.4) is 0 Å². The number of rotatable bonds is 5. The average molecular weight is 206 g/mol. The second-order valence-corrected chi connectivity index (χ2v) is 3.45. The third-order valence-electron chi connectivity index (χ3n) is 2.49. The molecule has 0 fully saturated rings. The molecule has 3 nitrogen and oxygen atoms in total. The van der Waals surface area contributed by atoms with Crippen molar-refractivity contribution in [2.24, 2.45) is 0 Å². The summed E-state index contributed by atoms with van der Waals surface area (Å²) in [6.45, 7) is 7.08. The number of nitrogens with zero attached hydrogens (tertiary/aromatic N) is 1. The highest BCUT2D eigenvalue weighted by Crippen LogP contribution is 2.06. The molecule has 0 aliphatic heterocycles. The Balaban J connectivity index is 2.67. The maximum atomic E-state index is 10.5. The lowest BCUT2D eigenvalue weighted by Crippen LogP contribution is -2.23. The van der Waals surface area contributed by atoms with Crippen molar-refractivity contribution in [1.82, 2.24) is 4.90 Å². The van der Waals surface area contributed by atoms with Gasteiger partial charge in [0, 0.05) is 6.54 Å². The Morgan fingerprint density at radius 2 is 1.73 bits per heavy atom. The van der Waals surface area contributed by atoms with Crippen LogP contribution in [0.25, 0.3) is 0 Å². The number of aromatic carboxylic acids is 1. The Labute approximate surface area is 90.3 Å². The van der Waals surface area contributed by atoms with Crippen molar-refractivity contribution in [3.63, 3.8) is 0 Å². The van der Waals surface area contributed by atoms with E-state index in [1.165, 1.54) is 0 Å². The lowest BCUT2D eigenvalue weighted by molar-refractivity contribution is -0.255. The van der Waals surface area contributed by atoms with Gasteiger partial charge in [-0.25, -0.2) is 0 Å². The molecule has 0 amide bonds. The van der Waals surface area contributed by atoms with Crippen LogP contribution in [0, 0.1) is 0 Å². The van der Waals surface area contributed by atoms with Gasteiger partial charge in [0.2, 0.25) is 0 Å². The first kappa shape index (κ1) is 11.7. The molecule has 0 unspecified atom stereocenters. The highest BCUT2D eigenvalue weighted by Gasteiger charge is 2.00. The molecule has 0 aliphatic rings. The van der Waals surface area contributed by atoms with Crippen LogP contribution in [0.5, 0.6) is 0 Å². The molecule has 15 heavy (non-hydrogen) atoms. The van der Waals surface area contributed by atoms with Gasteiger partial charge in [-0.05, 0) is 24.2 Å². The van der Waals surface area contributed by atoms with E-state index in [9.17, 15) is 9.90 Å². The SMILES string of the molecule is CCN(CC)Cc1ccc(C(=O)[O-])cc1. The van der Waals surface area contributed by atoms with Gasteiger partial charge < -0.3 is 9.90 Å². The van der Waals surface area contributed by atoms with E-state index < -0.39 is 5.97 Å². The molecule has 0 aromatic heterocycles. The third-order valence-corrected chi connectivity index (χ3v) is 2.49. The summed E-state index contributed by atoms with van der Waals surface area (Å²) < 4.78 is 0. The van der Waals surface area contributed by atoms with Crippen molar-refractivity contribution in [2.75, 3.05) is 13.1 Å². The van der Waals surface area contributed by atoms with E-state index in [1.54, 1.807) is 12.1 Å². The number of hydrogen-bond acceptors (Lipinski definition) is 3. The normalized spacial score (nSPS) is 10.6. The van der Waals surface area contributed by atoms with Crippen molar-refractivity contribution in [2.45, 2.75) is 20.4 Å². The molecule has 0 aliphatic carbocycles. The van der Waals surface area contributed by atoms with Gasteiger partial charge in [0.1, 0.15) is 0 Å². The lowest BCUT2D eigenvalue weighted by atomic mass is 10.1. The molecular formula is C12H16NO2-. The molecule has 82 valence electrons. The zero-order valence-electron chi connectivity index (χ0n) is 9.19. The Kier molecular flexibility index (Phi) is 4.31. The summed E-state index contributed by atoms with van der Waals surface area (Å²) in [6.07, 6.45) is 0. The molecule has 1 aromatic carbocycles. The van der Waals surface area contributed by atoms with Gasteiger partial charge in [0.05, 0.1) is 5.97 Å². The van der Waals surface area contributed by atoms with Gasteiger partial charge in [-0.1, -0.05) is 38.1 Å². The third kappa shape index (κ3) is 3.36. The monoisotopic (exact) mass is 206 g/mol. The lowest BCUT2D eigenvalue weighted by Gasteiger charge is -2.18. The number of carboxylic acids is 1. The van der Waals surface area contributed by atoms with Crippen molar-refractivity contribution < 1.29 is 9.90 Å². The molecule has 0 atom stereocenters. The van der Waals surface area contributed by atoms with Crippen LogP contribution in [0.4, 0.5) is 0 Å². The summed E-state index contributed by atoms with van der Waals surface area (Å²) in [6, 6.07) is 6.86. The molecule has 0 saturated heterocycles. The predicted molar refractivity (Wildman–Crippen MR) is 57.4 cm³/mol. The van der Waals surface area contributed by atoms with E-state index in [-0.39, 0.29) is 5.56 Å². The largest absolute Gasteiger partial charge is 0.545 e. The van der Waals surface area contributed by atoms with Crippen LogP contribution in [0.2, 0.25) is 0 Å². The smallest absolute Gasteiger partial charge is 0.0715 e. The number of carboxylic acid groups (broad SMARTS) is 1. The van der Waals surface area contributed by atoms with Crippen LogP contribution in [0.15, 0.2) is 24.3 Å². The first-order valence-corrected chi connectivity index (χ1v) is 5.20. The first-order chi connectivity index (χ1) is 7.17. The Morgan fingerprint density at radius 1 is 1.20 bits per heavy atom. The van der Waals surface area contributed by atoms with E-state index in [0.29, 0.717) is 0 Å². The fraction of sp³-hybridized carbons (Fsp3) is 0.417. The zero-order valence-corrected chi connectivity index (χ0v) is 9.19. The topological polar surface area (TPSA) is 43.4 Å². The van der Waals surface area contributed by atoms with Crippen LogP contribution in [-0.4, -0.2) is 24.0 Å².